The quantitative estimate of drug-likeness (QED) is 0.393. The summed E-state index contributed by atoms with van der Waals surface area (Å²) in [5.41, 5.74) is 0.975. The van der Waals surface area contributed by atoms with E-state index in [2.05, 4.69) is 20.3 Å². The number of likely N-dealkylation sites (N-methyl/N-ethyl adjacent to an activating group) is 1. The Morgan fingerprint density at radius 2 is 2.08 bits per heavy atom. The Bertz CT molecular complexity index is 859. The summed E-state index contributed by atoms with van der Waals surface area (Å²) in [6.07, 6.45) is -0.879. The fraction of sp³-hybridized carbons (Fsp3) is 0.571. The number of carbonyl (C=O) groups excluding carboxylic acids is 1. The van der Waals surface area contributed by atoms with E-state index in [0.717, 1.165) is 0 Å². The van der Waals surface area contributed by atoms with Crippen LogP contribution in [0.5, 0.6) is 0 Å². The average molecular weight is 480 g/mol. The minimum atomic E-state index is -0.818. The summed E-state index contributed by atoms with van der Waals surface area (Å²) < 4.78 is 20.0. The van der Waals surface area contributed by atoms with E-state index in [1.165, 1.54) is 0 Å². The van der Waals surface area contributed by atoms with Crippen molar-refractivity contribution in [2.75, 3.05) is 7.05 Å². The van der Waals surface area contributed by atoms with Crippen LogP contribution < -0.4 is 5.32 Å². The SMILES string of the molecule is CNC(=O)[C@H]1O[C@@H](n2cnc3c(Cl)nc(I)nc32)C2OC(C)(C)OC21. The highest BCUT2D eigenvalue weighted by molar-refractivity contribution is 14.1. The van der Waals surface area contributed by atoms with Gasteiger partial charge in [-0.25, -0.2) is 15.0 Å². The summed E-state index contributed by atoms with van der Waals surface area (Å²) >= 11 is 8.13. The zero-order valence-electron chi connectivity index (χ0n) is 13.6. The predicted molar refractivity (Wildman–Crippen MR) is 94.9 cm³/mol. The molecule has 2 saturated heterocycles. The third kappa shape index (κ3) is 2.79. The van der Waals surface area contributed by atoms with Crippen molar-refractivity contribution in [1.82, 2.24) is 24.8 Å². The average Bonchev–Trinajstić information content (AvgIpc) is 3.17. The van der Waals surface area contributed by atoms with Crippen LogP contribution in [0.15, 0.2) is 6.33 Å². The summed E-state index contributed by atoms with van der Waals surface area (Å²) in [5.74, 6) is -1.09. The molecule has 0 radical (unpaired) electrons. The molecule has 2 aromatic rings. The third-order valence-corrected chi connectivity index (χ3v) is 4.91. The molecule has 2 aromatic heterocycles. The van der Waals surface area contributed by atoms with Gasteiger partial charge in [-0.15, -0.1) is 0 Å². The summed E-state index contributed by atoms with van der Waals surface area (Å²) in [5, 5.41) is 2.85. The number of aromatic nitrogens is 4. The molecule has 2 aliphatic rings. The zero-order valence-corrected chi connectivity index (χ0v) is 16.5. The second-order valence-corrected chi connectivity index (χ2v) is 7.56. The van der Waals surface area contributed by atoms with Crippen LogP contribution in [0.1, 0.15) is 20.1 Å². The van der Waals surface area contributed by atoms with E-state index >= 15 is 0 Å². The lowest BCUT2D eigenvalue weighted by Gasteiger charge is -2.24. The molecule has 0 aliphatic carbocycles. The molecule has 134 valence electrons. The van der Waals surface area contributed by atoms with Gasteiger partial charge in [-0.3, -0.25) is 9.36 Å². The van der Waals surface area contributed by atoms with Gasteiger partial charge in [0.05, 0.1) is 6.33 Å². The molecular weight excluding hydrogens is 465 g/mol. The topological polar surface area (TPSA) is 100 Å². The Kier molecular flexibility index (Phi) is 4.15. The number of imidazole rings is 1. The van der Waals surface area contributed by atoms with Crippen LogP contribution >= 0.6 is 34.2 Å². The molecule has 4 atom stereocenters. The molecule has 1 amide bonds. The van der Waals surface area contributed by atoms with E-state index in [4.69, 9.17) is 25.8 Å². The number of ether oxygens (including phenoxy) is 3. The molecule has 2 unspecified atom stereocenters. The van der Waals surface area contributed by atoms with E-state index < -0.39 is 30.3 Å². The van der Waals surface area contributed by atoms with Crippen molar-refractivity contribution in [1.29, 1.82) is 0 Å². The number of halogens is 2. The number of carbonyl (C=O) groups is 1. The molecule has 11 heteroatoms. The molecule has 9 nitrogen and oxygen atoms in total. The first-order valence-corrected chi connectivity index (χ1v) is 9.04. The maximum atomic E-state index is 12.2. The highest BCUT2D eigenvalue weighted by atomic mass is 127. The van der Waals surface area contributed by atoms with E-state index in [9.17, 15) is 4.79 Å². The van der Waals surface area contributed by atoms with Gasteiger partial charge in [0.2, 0.25) is 0 Å². The summed E-state index contributed by atoms with van der Waals surface area (Å²) in [6, 6.07) is 0. The summed E-state index contributed by atoms with van der Waals surface area (Å²) in [4.78, 5) is 25.0. The summed E-state index contributed by atoms with van der Waals surface area (Å²) in [7, 11) is 1.55. The van der Waals surface area contributed by atoms with Gasteiger partial charge >= 0.3 is 0 Å². The second-order valence-electron chi connectivity index (χ2n) is 6.23. The van der Waals surface area contributed by atoms with Gasteiger partial charge < -0.3 is 19.5 Å². The molecule has 0 saturated carbocycles. The van der Waals surface area contributed by atoms with Gasteiger partial charge in [-0.05, 0) is 13.8 Å². The van der Waals surface area contributed by atoms with E-state index in [-0.39, 0.29) is 11.1 Å². The number of nitrogens with one attached hydrogen (secondary N) is 1. The number of hydrogen-bond donors (Lipinski definition) is 1. The zero-order chi connectivity index (χ0) is 17.9. The molecule has 4 rings (SSSR count). The van der Waals surface area contributed by atoms with Gasteiger partial charge in [0.1, 0.15) is 17.7 Å². The Morgan fingerprint density at radius 3 is 2.80 bits per heavy atom. The molecule has 25 heavy (non-hydrogen) atoms. The highest BCUT2D eigenvalue weighted by Gasteiger charge is 2.58. The summed E-state index contributed by atoms with van der Waals surface area (Å²) in [6.45, 7) is 3.61. The Labute approximate surface area is 161 Å². The van der Waals surface area contributed by atoms with E-state index in [1.54, 1.807) is 31.8 Å². The number of amides is 1. The molecular formula is C14H15ClIN5O4. The van der Waals surface area contributed by atoms with Crippen LogP contribution in [0, 0.1) is 3.83 Å². The minimum absolute atomic E-state index is 0.259. The van der Waals surface area contributed by atoms with E-state index in [0.29, 0.717) is 15.0 Å². The first-order chi connectivity index (χ1) is 11.8. The van der Waals surface area contributed by atoms with Crippen molar-refractivity contribution >= 4 is 51.3 Å². The number of nitrogens with zero attached hydrogens (tertiary/aromatic N) is 4. The van der Waals surface area contributed by atoms with Crippen molar-refractivity contribution in [2.24, 2.45) is 0 Å². The lowest BCUT2D eigenvalue weighted by atomic mass is 10.1. The van der Waals surface area contributed by atoms with Crippen LogP contribution in [-0.2, 0) is 19.0 Å². The maximum Gasteiger partial charge on any atom is 0.251 e. The first kappa shape index (κ1) is 17.3. The Morgan fingerprint density at radius 1 is 1.36 bits per heavy atom. The fourth-order valence-electron chi connectivity index (χ4n) is 3.20. The monoisotopic (exact) mass is 479 g/mol. The Balaban J connectivity index is 1.79. The maximum absolute atomic E-state index is 12.2. The van der Waals surface area contributed by atoms with E-state index in [1.807, 2.05) is 22.6 Å². The van der Waals surface area contributed by atoms with Crippen LogP contribution in [0.25, 0.3) is 11.2 Å². The molecule has 0 bridgehead atoms. The van der Waals surface area contributed by atoms with Crippen LogP contribution in [0.4, 0.5) is 0 Å². The molecule has 0 aromatic carbocycles. The predicted octanol–water partition coefficient (Wildman–Crippen LogP) is 1.25. The Hall–Kier alpha value is -1.08. The molecule has 1 N–H and O–H groups in total. The van der Waals surface area contributed by atoms with Crippen molar-refractivity contribution in [2.45, 2.75) is 44.2 Å². The molecule has 2 aliphatic heterocycles. The van der Waals surface area contributed by atoms with Gasteiger partial charge in [0.15, 0.2) is 32.8 Å². The standard InChI is InChI=1S/C14H15ClIN5O4/c1-14(2)24-6-7(11(22)17-3)23-12(8(6)25-14)21-4-18-5-9(15)19-13(16)20-10(5)21/h4,6-8,12H,1-3H3,(H,17,22)/t6?,7-,8?,12+/m0/s1. The normalized spacial score (nSPS) is 30.6. The van der Waals surface area contributed by atoms with Crippen molar-refractivity contribution in [3.8, 4) is 0 Å². The lowest BCUT2D eigenvalue weighted by Crippen LogP contribution is -2.41. The van der Waals surface area contributed by atoms with Crippen LogP contribution in [0.3, 0.4) is 0 Å². The van der Waals surface area contributed by atoms with Gasteiger partial charge in [0, 0.05) is 29.6 Å². The fourth-order valence-corrected chi connectivity index (χ4v) is 4.02. The smallest absolute Gasteiger partial charge is 0.251 e. The minimum Gasteiger partial charge on any atom is -0.357 e. The third-order valence-electron chi connectivity index (χ3n) is 4.16. The van der Waals surface area contributed by atoms with Crippen molar-refractivity contribution < 1.29 is 19.0 Å². The molecule has 0 spiro atoms. The highest BCUT2D eigenvalue weighted by Crippen LogP contribution is 2.43. The lowest BCUT2D eigenvalue weighted by molar-refractivity contribution is -0.197. The number of hydrogen-bond acceptors (Lipinski definition) is 7. The number of rotatable bonds is 2. The van der Waals surface area contributed by atoms with Gasteiger partial charge in [-0.1, -0.05) is 11.6 Å². The largest absolute Gasteiger partial charge is 0.357 e. The van der Waals surface area contributed by atoms with Crippen molar-refractivity contribution in [3.05, 3.63) is 15.3 Å². The van der Waals surface area contributed by atoms with Crippen LogP contribution in [-0.4, -0.2) is 56.6 Å². The van der Waals surface area contributed by atoms with Crippen LogP contribution in [0.2, 0.25) is 5.15 Å². The molecule has 2 fully saturated rings. The first-order valence-electron chi connectivity index (χ1n) is 7.59. The van der Waals surface area contributed by atoms with Crippen molar-refractivity contribution in [3.63, 3.8) is 0 Å². The second kappa shape index (κ2) is 5.98. The van der Waals surface area contributed by atoms with Gasteiger partial charge in [0.25, 0.3) is 5.91 Å². The molecule has 4 heterocycles. The van der Waals surface area contributed by atoms with Gasteiger partial charge in [-0.2, -0.15) is 0 Å². The number of fused-ring (bicyclic) bond motifs is 2.